The van der Waals surface area contributed by atoms with Gasteiger partial charge in [-0.25, -0.2) is 15.0 Å². The molecule has 1 N–H and O–H groups in total. The Morgan fingerprint density at radius 2 is 2.19 bits per heavy atom. The second-order valence-corrected chi connectivity index (χ2v) is 7.12. The van der Waals surface area contributed by atoms with E-state index in [1.807, 2.05) is 31.6 Å². The van der Waals surface area contributed by atoms with Crippen molar-refractivity contribution in [3.63, 3.8) is 0 Å². The minimum absolute atomic E-state index is 0.626. The summed E-state index contributed by atoms with van der Waals surface area (Å²) in [6, 6.07) is 6.23. The summed E-state index contributed by atoms with van der Waals surface area (Å²) in [4.78, 5) is 23.2. The van der Waals surface area contributed by atoms with E-state index in [1.54, 1.807) is 6.33 Å². The molecule has 0 saturated carbocycles. The van der Waals surface area contributed by atoms with Crippen molar-refractivity contribution in [2.45, 2.75) is 32.7 Å². The Hall–Kier alpha value is -2.60. The number of nitrogens with zero attached hydrogens (tertiary/aromatic N) is 5. The van der Waals surface area contributed by atoms with Gasteiger partial charge in [0.1, 0.15) is 12.0 Å². The first kappa shape index (κ1) is 16.8. The van der Waals surface area contributed by atoms with Gasteiger partial charge in [-0.1, -0.05) is 6.07 Å². The maximum Gasteiger partial charge on any atom is 0.156 e. The number of H-pyrrole nitrogens is 1. The number of aryl methyl sites for hydroxylation is 1. The summed E-state index contributed by atoms with van der Waals surface area (Å²) in [5.74, 6) is 1.44. The molecule has 0 radical (unpaired) electrons. The number of hydrogen-bond donors (Lipinski definition) is 1. The van der Waals surface area contributed by atoms with Crippen LogP contribution in [0, 0.1) is 12.8 Å². The van der Waals surface area contributed by atoms with Gasteiger partial charge in [0.25, 0.3) is 0 Å². The van der Waals surface area contributed by atoms with Crippen molar-refractivity contribution < 1.29 is 0 Å². The number of piperidine rings is 1. The summed E-state index contributed by atoms with van der Waals surface area (Å²) >= 11 is 0. The molecule has 1 aliphatic heterocycles. The second-order valence-electron chi connectivity index (χ2n) is 7.12. The van der Waals surface area contributed by atoms with Crippen LogP contribution in [0.15, 0.2) is 43.1 Å². The van der Waals surface area contributed by atoms with Crippen molar-refractivity contribution >= 4 is 0 Å². The van der Waals surface area contributed by atoms with Gasteiger partial charge in [-0.3, -0.25) is 9.88 Å². The summed E-state index contributed by atoms with van der Waals surface area (Å²) in [5.41, 5.74) is 4.28. The standard InChI is InChI=1S/C20H24N6/c1-15-10-22-20(25-15)19-9-18(23-14-24-19)8-16-5-3-7-26(12-16)13-17-4-2-6-21-11-17/h2,4,6,9-11,14,16H,3,5,7-8,12-13H2,1H3,(H,22,25)/t16-/m1/s1. The molecule has 0 aliphatic carbocycles. The molecule has 4 heterocycles. The van der Waals surface area contributed by atoms with Gasteiger partial charge in [0.05, 0.1) is 0 Å². The molecular formula is C20H24N6. The van der Waals surface area contributed by atoms with Gasteiger partial charge in [0.2, 0.25) is 0 Å². The molecular weight excluding hydrogens is 324 g/mol. The smallest absolute Gasteiger partial charge is 0.156 e. The van der Waals surface area contributed by atoms with Crippen molar-refractivity contribution in [1.82, 2.24) is 29.8 Å². The Morgan fingerprint density at radius 1 is 1.23 bits per heavy atom. The third-order valence-corrected chi connectivity index (χ3v) is 4.90. The van der Waals surface area contributed by atoms with Gasteiger partial charge in [-0.05, 0) is 56.3 Å². The van der Waals surface area contributed by atoms with Crippen LogP contribution in [-0.4, -0.2) is 42.9 Å². The average Bonchev–Trinajstić information content (AvgIpc) is 3.10. The molecule has 26 heavy (non-hydrogen) atoms. The van der Waals surface area contributed by atoms with Crippen LogP contribution >= 0.6 is 0 Å². The van der Waals surface area contributed by atoms with Gasteiger partial charge in [-0.15, -0.1) is 0 Å². The molecule has 3 aromatic rings. The van der Waals surface area contributed by atoms with Gasteiger partial charge in [-0.2, -0.15) is 0 Å². The van der Waals surface area contributed by atoms with Crippen LogP contribution in [0.3, 0.4) is 0 Å². The molecule has 1 aliphatic rings. The SMILES string of the molecule is Cc1cnc(-c2cc(C[C@H]3CCCN(Cc4cccnc4)C3)ncn2)[nH]1. The molecule has 3 aromatic heterocycles. The van der Waals surface area contributed by atoms with Gasteiger partial charge in [0.15, 0.2) is 5.82 Å². The minimum Gasteiger partial charge on any atom is -0.341 e. The fourth-order valence-corrected chi connectivity index (χ4v) is 3.69. The zero-order valence-corrected chi connectivity index (χ0v) is 15.1. The topological polar surface area (TPSA) is 70.6 Å². The van der Waals surface area contributed by atoms with E-state index in [4.69, 9.17) is 0 Å². The molecule has 0 unspecified atom stereocenters. The maximum atomic E-state index is 4.49. The fourth-order valence-electron chi connectivity index (χ4n) is 3.69. The molecule has 134 valence electrons. The highest BCUT2D eigenvalue weighted by Crippen LogP contribution is 2.22. The lowest BCUT2D eigenvalue weighted by molar-refractivity contribution is 0.166. The number of likely N-dealkylation sites (tertiary alicyclic amines) is 1. The van der Waals surface area contributed by atoms with Crippen LogP contribution in [0.5, 0.6) is 0 Å². The highest BCUT2D eigenvalue weighted by Gasteiger charge is 2.21. The Morgan fingerprint density at radius 3 is 3.00 bits per heavy atom. The van der Waals surface area contributed by atoms with Gasteiger partial charge < -0.3 is 4.98 Å². The minimum atomic E-state index is 0.626. The summed E-state index contributed by atoms with van der Waals surface area (Å²) in [7, 11) is 0. The normalized spacial score (nSPS) is 18.1. The van der Waals surface area contributed by atoms with Crippen molar-refractivity contribution in [3.8, 4) is 11.5 Å². The third-order valence-electron chi connectivity index (χ3n) is 4.90. The monoisotopic (exact) mass is 348 g/mol. The maximum absolute atomic E-state index is 4.49. The molecule has 0 aromatic carbocycles. The predicted molar refractivity (Wildman–Crippen MR) is 100 cm³/mol. The number of rotatable bonds is 5. The summed E-state index contributed by atoms with van der Waals surface area (Å²) in [5, 5.41) is 0. The van der Waals surface area contributed by atoms with Crippen LogP contribution in [0.1, 0.15) is 29.8 Å². The van der Waals surface area contributed by atoms with Crippen molar-refractivity contribution in [1.29, 1.82) is 0 Å². The van der Waals surface area contributed by atoms with Crippen LogP contribution in [0.4, 0.5) is 0 Å². The van der Waals surface area contributed by atoms with E-state index in [9.17, 15) is 0 Å². The van der Waals surface area contributed by atoms with Gasteiger partial charge >= 0.3 is 0 Å². The number of imidazole rings is 1. The number of aromatic amines is 1. The lowest BCUT2D eigenvalue weighted by Crippen LogP contribution is -2.35. The fraction of sp³-hybridized carbons (Fsp3) is 0.400. The average molecular weight is 348 g/mol. The summed E-state index contributed by atoms with van der Waals surface area (Å²) < 4.78 is 0. The zero-order valence-electron chi connectivity index (χ0n) is 15.1. The molecule has 0 bridgehead atoms. The van der Waals surface area contributed by atoms with Crippen molar-refractivity contribution in [2.24, 2.45) is 5.92 Å². The Balaban J connectivity index is 1.40. The predicted octanol–water partition coefficient (Wildman–Crippen LogP) is 3.02. The Labute approximate surface area is 153 Å². The van der Waals surface area contributed by atoms with E-state index in [0.29, 0.717) is 5.92 Å². The number of pyridine rings is 1. The van der Waals surface area contributed by atoms with Crippen molar-refractivity contribution in [2.75, 3.05) is 13.1 Å². The van der Waals surface area contributed by atoms with Crippen molar-refractivity contribution in [3.05, 3.63) is 60.1 Å². The van der Waals surface area contributed by atoms with Crippen LogP contribution in [-0.2, 0) is 13.0 Å². The molecule has 0 amide bonds. The van der Waals surface area contributed by atoms with Crippen LogP contribution < -0.4 is 0 Å². The largest absolute Gasteiger partial charge is 0.341 e. The first-order valence-electron chi connectivity index (χ1n) is 9.20. The Kier molecular flexibility index (Phi) is 5.02. The quantitative estimate of drug-likeness (QED) is 0.767. The molecule has 6 nitrogen and oxygen atoms in total. The zero-order chi connectivity index (χ0) is 17.8. The van der Waals surface area contributed by atoms with Gasteiger partial charge in [0, 0.05) is 43.1 Å². The molecule has 0 spiro atoms. The molecule has 6 heteroatoms. The number of aromatic nitrogens is 5. The molecule has 4 rings (SSSR count). The second kappa shape index (κ2) is 7.74. The highest BCUT2D eigenvalue weighted by molar-refractivity contribution is 5.49. The van der Waals surface area contributed by atoms with E-state index in [2.05, 4.69) is 42.0 Å². The third kappa shape index (κ3) is 4.14. The van der Waals surface area contributed by atoms with E-state index in [-0.39, 0.29) is 0 Å². The number of hydrogen-bond acceptors (Lipinski definition) is 5. The molecule has 1 fully saturated rings. The first-order chi connectivity index (χ1) is 12.8. The summed E-state index contributed by atoms with van der Waals surface area (Å²) in [6.07, 6.45) is 10.7. The lowest BCUT2D eigenvalue weighted by atomic mass is 9.93. The van der Waals surface area contributed by atoms with E-state index in [1.165, 1.54) is 18.4 Å². The highest BCUT2D eigenvalue weighted by atomic mass is 15.1. The van der Waals surface area contributed by atoms with Crippen LogP contribution in [0.2, 0.25) is 0 Å². The number of nitrogens with one attached hydrogen (secondary N) is 1. The Bertz CT molecular complexity index is 844. The molecule has 1 atom stereocenters. The first-order valence-corrected chi connectivity index (χ1v) is 9.20. The van der Waals surface area contributed by atoms with E-state index >= 15 is 0 Å². The summed E-state index contributed by atoms with van der Waals surface area (Å²) in [6.45, 7) is 5.24. The van der Waals surface area contributed by atoms with E-state index in [0.717, 1.165) is 49.0 Å². The molecule has 1 saturated heterocycles. The van der Waals surface area contributed by atoms with Crippen LogP contribution in [0.25, 0.3) is 11.5 Å². The lowest BCUT2D eigenvalue weighted by Gasteiger charge is -2.32. The van der Waals surface area contributed by atoms with E-state index < -0.39 is 0 Å².